The molecule has 1 aromatic rings. The normalized spacial score (nSPS) is 9.80. The van der Waals surface area contributed by atoms with Crippen LogP contribution in [0.3, 0.4) is 0 Å². The van der Waals surface area contributed by atoms with E-state index in [4.69, 9.17) is 14.6 Å². The second-order valence-electron chi connectivity index (χ2n) is 2.62. The van der Waals surface area contributed by atoms with Crippen LogP contribution in [0.4, 0.5) is 0 Å². The van der Waals surface area contributed by atoms with Gasteiger partial charge in [-0.15, -0.1) is 0 Å². The molecule has 0 heterocycles. The molecular weight excluding hydrogens is 268 g/mol. The number of rotatable bonds is 3. The van der Waals surface area contributed by atoms with E-state index in [9.17, 15) is 9.90 Å². The molecule has 82 valence electrons. The van der Waals surface area contributed by atoms with Crippen molar-refractivity contribution in [2.24, 2.45) is 0 Å². The van der Waals surface area contributed by atoms with Gasteiger partial charge in [0.1, 0.15) is 5.56 Å². The van der Waals surface area contributed by atoms with Gasteiger partial charge in [0.15, 0.2) is 17.2 Å². The SMILES string of the molecule is COc1c(O)cc(Br)c(OC)c1C(=O)O. The van der Waals surface area contributed by atoms with Gasteiger partial charge in [-0.05, 0) is 15.9 Å². The molecule has 0 spiro atoms. The van der Waals surface area contributed by atoms with Crippen LogP contribution in [0.15, 0.2) is 10.5 Å². The molecular formula is C9H9BrO5. The Kier molecular flexibility index (Phi) is 3.41. The predicted octanol–water partition coefficient (Wildman–Crippen LogP) is 1.87. The maximum atomic E-state index is 11.0. The Morgan fingerprint density at radius 3 is 2.27 bits per heavy atom. The third kappa shape index (κ3) is 1.99. The number of carboxylic acids is 1. The minimum Gasteiger partial charge on any atom is -0.504 e. The molecule has 0 aliphatic rings. The first-order valence-electron chi connectivity index (χ1n) is 3.89. The molecule has 0 saturated carbocycles. The standard InChI is InChI=1S/C9H9BrO5/c1-14-7-4(10)3-5(11)8(15-2)6(7)9(12)13/h3,11H,1-2H3,(H,12,13). The number of phenolic OH excluding ortho intramolecular Hbond substituents is 1. The van der Waals surface area contributed by atoms with Crippen molar-refractivity contribution in [1.29, 1.82) is 0 Å². The minimum absolute atomic E-state index is 0.108. The monoisotopic (exact) mass is 276 g/mol. The molecule has 0 bridgehead atoms. The average molecular weight is 277 g/mol. The molecule has 0 amide bonds. The molecule has 2 N–H and O–H groups in total. The Morgan fingerprint density at radius 2 is 1.87 bits per heavy atom. The lowest BCUT2D eigenvalue weighted by Crippen LogP contribution is -2.04. The van der Waals surface area contributed by atoms with Crippen LogP contribution in [0.1, 0.15) is 10.4 Å². The number of carboxylic acid groups (broad SMARTS) is 1. The molecule has 0 fully saturated rings. The maximum Gasteiger partial charge on any atom is 0.343 e. The van der Waals surface area contributed by atoms with Crippen LogP contribution in [0.25, 0.3) is 0 Å². The van der Waals surface area contributed by atoms with Gasteiger partial charge >= 0.3 is 5.97 Å². The zero-order valence-corrected chi connectivity index (χ0v) is 9.66. The van der Waals surface area contributed by atoms with Crippen LogP contribution in [-0.2, 0) is 0 Å². The van der Waals surface area contributed by atoms with E-state index < -0.39 is 5.97 Å². The van der Waals surface area contributed by atoms with Crippen LogP contribution in [0.5, 0.6) is 17.2 Å². The first-order chi connectivity index (χ1) is 7.02. The van der Waals surface area contributed by atoms with Crippen molar-refractivity contribution in [3.05, 3.63) is 16.1 Å². The van der Waals surface area contributed by atoms with Crippen LogP contribution in [-0.4, -0.2) is 30.4 Å². The van der Waals surface area contributed by atoms with Crippen molar-refractivity contribution in [1.82, 2.24) is 0 Å². The molecule has 15 heavy (non-hydrogen) atoms. The number of aromatic carboxylic acids is 1. The zero-order valence-electron chi connectivity index (χ0n) is 8.07. The number of aromatic hydroxyl groups is 1. The van der Waals surface area contributed by atoms with Crippen molar-refractivity contribution in [2.75, 3.05) is 14.2 Å². The molecule has 0 atom stereocenters. The van der Waals surface area contributed by atoms with Gasteiger partial charge in [0, 0.05) is 6.07 Å². The number of methoxy groups -OCH3 is 2. The number of ether oxygens (including phenoxy) is 2. The summed E-state index contributed by atoms with van der Waals surface area (Å²) in [5.74, 6) is -1.51. The molecule has 5 nitrogen and oxygen atoms in total. The van der Waals surface area contributed by atoms with E-state index in [-0.39, 0.29) is 22.8 Å². The third-order valence-corrected chi connectivity index (χ3v) is 2.38. The Morgan fingerprint density at radius 1 is 1.33 bits per heavy atom. The number of hydrogen-bond acceptors (Lipinski definition) is 4. The van der Waals surface area contributed by atoms with E-state index >= 15 is 0 Å². The van der Waals surface area contributed by atoms with Crippen LogP contribution in [0.2, 0.25) is 0 Å². The lowest BCUT2D eigenvalue weighted by Gasteiger charge is -2.12. The van der Waals surface area contributed by atoms with Gasteiger partial charge in [-0.25, -0.2) is 4.79 Å². The van der Waals surface area contributed by atoms with Gasteiger partial charge in [-0.1, -0.05) is 0 Å². The summed E-state index contributed by atoms with van der Waals surface area (Å²) in [7, 11) is 2.61. The fourth-order valence-corrected chi connectivity index (χ4v) is 1.78. The Balaban J connectivity index is 3.58. The van der Waals surface area contributed by atoms with Crippen LogP contribution >= 0.6 is 15.9 Å². The zero-order chi connectivity index (χ0) is 11.6. The number of hydrogen-bond donors (Lipinski definition) is 2. The largest absolute Gasteiger partial charge is 0.504 e. The lowest BCUT2D eigenvalue weighted by atomic mass is 10.1. The highest BCUT2D eigenvalue weighted by Gasteiger charge is 2.23. The second kappa shape index (κ2) is 4.39. The highest BCUT2D eigenvalue weighted by molar-refractivity contribution is 9.10. The van der Waals surface area contributed by atoms with Gasteiger partial charge in [0.2, 0.25) is 0 Å². The van der Waals surface area contributed by atoms with Crippen LogP contribution < -0.4 is 9.47 Å². The average Bonchev–Trinajstić information content (AvgIpc) is 2.16. The van der Waals surface area contributed by atoms with Crippen molar-refractivity contribution >= 4 is 21.9 Å². The molecule has 0 saturated heterocycles. The molecule has 1 rings (SSSR count). The smallest absolute Gasteiger partial charge is 0.343 e. The molecule has 0 aromatic heterocycles. The highest BCUT2D eigenvalue weighted by Crippen LogP contribution is 2.42. The number of halogens is 1. The van der Waals surface area contributed by atoms with Crippen molar-refractivity contribution < 1.29 is 24.5 Å². The fourth-order valence-electron chi connectivity index (χ4n) is 1.20. The molecule has 6 heteroatoms. The summed E-state index contributed by atoms with van der Waals surface area (Å²) in [6, 6.07) is 1.31. The molecule has 0 unspecified atom stereocenters. The minimum atomic E-state index is -1.24. The summed E-state index contributed by atoms with van der Waals surface area (Å²) >= 11 is 3.09. The van der Waals surface area contributed by atoms with Gasteiger partial charge in [0.05, 0.1) is 18.7 Å². The van der Waals surface area contributed by atoms with Gasteiger partial charge in [-0.2, -0.15) is 0 Å². The molecule has 0 radical (unpaired) electrons. The van der Waals surface area contributed by atoms with Crippen molar-refractivity contribution in [3.8, 4) is 17.2 Å². The van der Waals surface area contributed by atoms with Crippen molar-refractivity contribution in [3.63, 3.8) is 0 Å². The first-order valence-corrected chi connectivity index (χ1v) is 4.69. The van der Waals surface area contributed by atoms with Crippen LogP contribution in [0, 0.1) is 0 Å². The predicted molar refractivity (Wildman–Crippen MR) is 55.9 cm³/mol. The number of benzene rings is 1. The Bertz CT molecular complexity index is 374. The van der Waals surface area contributed by atoms with E-state index in [0.29, 0.717) is 4.47 Å². The summed E-state index contributed by atoms with van der Waals surface area (Å²) in [5, 5.41) is 18.4. The summed E-state index contributed by atoms with van der Waals surface area (Å²) in [5.41, 5.74) is -0.216. The quantitative estimate of drug-likeness (QED) is 0.882. The van der Waals surface area contributed by atoms with E-state index in [0.717, 1.165) is 0 Å². The second-order valence-corrected chi connectivity index (χ2v) is 3.48. The Labute approximate surface area is 94.4 Å². The summed E-state index contributed by atoms with van der Waals surface area (Å²) in [6.07, 6.45) is 0. The van der Waals surface area contributed by atoms with E-state index in [1.54, 1.807) is 0 Å². The van der Waals surface area contributed by atoms with E-state index in [1.165, 1.54) is 20.3 Å². The Hall–Kier alpha value is -1.43. The summed E-state index contributed by atoms with van der Waals surface area (Å²) < 4.78 is 10.1. The van der Waals surface area contributed by atoms with E-state index in [1.807, 2.05) is 0 Å². The highest BCUT2D eigenvalue weighted by atomic mass is 79.9. The van der Waals surface area contributed by atoms with Gasteiger partial charge in [-0.3, -0.25) is 0 Å². The number of carbonyl (C=O) groups is 1. The van der Waals surface area contributed by atoms with Gasteiger partial charge < -0.3 is 19.7 Å². The molecule has 1 aromatic carbocycles. The van der Waals surface area contributed by atoms with Gasteiger partial charge in [0.25, 0.3) is 0 Å². The first kappa shape index (κ1) is 11.6. The van der Waals surface area contributed by atoms with Crippen molar-refractivity contribution in [2.45, 2.75) is 0 Å². The summed E-state index contributed by atoms with van der Waals surface area (Å²) in [4.78, 5) is 11.0. The maximum absolute atomic E-state index is 11.0. The fraction of sp³-hybridized carbons (Fsp3) is 0.222. The number of phenols is 1. The molecule has 0 aliphatic heterocycles. The topological polar surface area (TPSA) is 76.0 Å². The summed E-state index contributed by atoms with van der Waals surface area (Å²) in [6.45, 7) is 0. The lowest BCUT2D eigenvalue weighted by molar-refractivity contribution is 0.0688. The molecule has 0 aliphatic carbocycles. The third-order valence-electron chi connectivity index (χ3n) is 1.79. The van der Waals surface area contributed by atoms with E-state index in [2.05, 4.69) is 15.9 Å².